The maximum Gasteiger partial charge on any atom is 0.0951 e. The van der Waals surface area contributed by atoms with Crippen molar-refractivity contribution in [2.75, 3.05) is 0 Å². The molecule has 0 spiro atoms. The van der Waals surface area contributed by atoms with Crippen molar-refractivity contribution >= 4 is 0 Å². The van der Waals surface area contributed by atoms with Crippen molar-refractivity contribution in [3.05, 3.63) is 17.7 Å². The first kappa shape index (κ1) is 7.84. The van der Waals surface area contributed by atoms with Crippen molar-refractivity contribution in [3.63, 3.8) is 0 Å². The van der Waals surface area contributed by atoms with Crippen molar-refractivity contribution in [2.45, 2.75) is 45.6 Å². The molecule has 0 bridgehead atoms. The first-order valence-corrected chi connectivity index (χ1v) is 4.94. The second kappa shape index (κ2) is 3.30. The fourth-order valence-electron chi connectivity index (χ4n) is 1.89. The Morgan fingerprint density at radius 2 is 2.42 bits per heavy atom. The molecule has 0 saturated carbocycles. The normalized spacial score (nSPS) is 15.1. The second-order valence-electron chi connectivity index (χ2n) is 3.54. The number of hydrogen-bond donors (Lipinski definition) is 0. The molecule has 0 aliphatic heterocycles. The van der Waals surface area contributed by atoms with Crippen LogP contribution in [-0.2, 0) is 19.4 Å². The van der Waals surface area contributed by atoms with Crippen LogP contribution in [0.2, 0.25) is 0 Å². The number of aromatic nitrogens is 2. The highest BCUT2D eigenvalue weighted by molar-refractivity contribution is 5.18. The zero-order chi connectivity index (χ0) is 8.39. The molecule has 66 valence electrons. The average Bonchev–Trinajstić information content (AvgIpc) is 2.62. The Morgan fingerprint density at radius 3 is 3.25 bits per heavy atom. The third kappa shape index (κ3) is 1.26. The molecular formula is C10H16N2. The van der Waals surface area contributed by atoms with Crippen LogP contribution in [0.3, 0.4) is 0 Å². The number of unbranched alkanes of at least 4 members (excludes halogenated alkanes) is 1. The predicted octanol–water partition coefficient (Wildman–Crippen LogP) is 2.17. The molecule has 0 unspecified atom stereocenters. The zero-order valence-electron chi connectivity index (χ0n) is 7.71. The van der Waals surface area contributed by atoms with E-state index in [0.29, 0.717) is 0 Å². The van der Waals surface area contributed by atoms with E-state index >= 15 is 0 Å². The molecule has 1 aliphatic carbocycles. The van der Waals surface area contributed by atoms with Crippen LogP contribution in [0.15, 0.2) is 6.33 Å². The highest BCUT2D eigenvalue weighted by Gasteiger charge is 2.15. The number of hydrogen-bond acceptors (Lipinski definition) is 1. The minimum atomic E-state index is 1.17. The van der Waals surface area contributed by atoms with E-state index in [2.05, 4.69) is 16.5 Å². The van der Waals surface area contributed by atoms with Crippen LogP contribution in [0.4, 0.5) is 0 Å². The van der Waals surface area contributed by atoms with Crippen molar-refractivity contribution in [3.8, 4) is 0 Å². The number of aryl methyl sites for hydroxylation is 2. The predicted molar refractivity (Wildman–Crippen MR) is 49.2 cm³/mol. The van der Waals surface area contributed by atoms with Crippen LogP contribution >= 0.6 is 0 Å². The van der Waals surface area contributed by atoms with E-state index in [9.17, 15) is 0 Å². The summed E-state index contributed by atoms with van der Waals surface area (Å²) < 4.78 is 2.34. The Kier molecular flexibility index (Phi) is 2.15. The van der Waals surface area contributed by atoms with E-state index in [0.717, 1.165) is 0 Å². The van der Waals surface area contributed by atoms with Crippen LogP contribution in [0.5, 0.6) is 0 Å². The van der Waals surface area contributed by atoms with Gasteiger partial charge < -0.3 is 4.57 Å². The number of imidazole rings is 1. The van der Waals surface area contributed by atoms with Gasteiger partial charge in [0.2, 0.25) is 0 Å². The summed E-state index contributed by atoms with van der Waals surface area (Å²) in [6, 6.07) is 0. The van der Waals surface area contributed by atoms with Gasteiger partial charge in [0.25, 0.3) is 0 Å². The standard InChI is InChI=1S/C10H16N2/c1-2-3-7-12-8-11-9-5-4-6-10(9)12/h8H,2-7H2,1H3. The van der Waals surface area contributed by atoms with Crippen LogP contribution in [0, 0.1) is 0 Å². The molecule has 0 saturated heterocycles. The van der Waals surface area contributed by atoms with E-state index in [1.807, 2.05) is 6.33 Å². The highest BCUT2D eigenvalue weighted by Crippen LogP contribution is 2.20. The van der Waals surface area contributed by atoms with Gasteiger partial charge in [-0.25, -0.2) is 4.98 Å². The molecule has 2 nitrogen and oxygen atoms in total. The molecule has 0 amide bonds. The third-order valence-electron chi connectivity index (χ3n) is 2.61. The molecule has 0 fully saturated rings. The van der Waals surface area contributed by atoms with Crippen molar-refractivity contribution in [1.29, 1.82) is 0 Å². The lowest BCUT2D eigenvalue weighted by atomic mass is 10.3. The van der Waals surface area contributed by atoms with Crippen LogP contribution in [0.1, 0.15) is 37.6 Å². The number of rotatable bonds is 3. The Bertz CT molecular complexity index is 263. The van der Waals surface area contributed by atoms with E-state index in [1.165, 1.54) is 50.0 Å². The summed E-state index contributed by atoms with van der Waals surface area (Å²) in [5.74, 6) is 0. The molecule has 0 N–H and O–H groups in total. The van der Waals surface area contributed by atoms with Crippen LogP contribution in [-0.4, -0.2) is 9.55 Å². The monoisotopic (exact) mass is 164 g/mol. The Labute approximate surface area is 73.6 Å². The Balaban J connectivity index is 2.11. The molecule has 1 aromatic heterocycles. The second-order valence-corrected chi connectivity index (χ2v) is 3.54. The molecule has 0 aromatic carbocycles. The highest BCUT2D eigenvalue weighted by atomic mass is 15.1. The summed E-state index contributed by atoms with van der Waals surface area (Å²) in [4.78, 5) is 4.41. The van der Waals surface area contributed by atoms with Gasteiger partial charge in [0.15, 0.2) is 0 Å². The molecule has 0 atom stereocenters. The van der Waals surface area contributed by atoms with E-state index in [1.54, 1.807) is 0 Å². The molecule has 2 heteroatoms. The van der Waals surface area contributed by atoms with Gasteiger partial charge in [-0.1, -0.05) is 13.3 Å². The van der Waals surface area contributed by atoms with Gasteiger partial charge in [-0.15, -0.1) is 0 Å². The summed E-state index contributed by atoms with van der Waals surface area (Å²) in [5.41, 5.74) is 2.86. The Hall–Kier alpha value is -0.790. The topological polar surface area (TPSA) is 17.8 Å². The number of nitrogens with zero attached hydrogens (tertiary/aromatic N) is 2. The van der Waals surface area contributed by atoms with E-state index in [-0.39, 0.29) is 0 Å². The molecule has 1 aromatic rings. The van der Waals surface area contributed by atoms with Gasteiger partial charge in [-0.2, -0.15) is 0 Å². The summed E-state index contributed by atoms with van der Waals surface area (Å²) in [5, 5.41) is 0. The van der Waals surface area contributed by atoms with Gasteiger partial charge in [-0.3, -0.25) is 0 Å². The van der Waals surface area contributed by atoms with Crippen LogP contribution in [0.25, 0.3) is 0 Å². The van der Waals surface area contributed by atoms with Crippen molar-refractivity contribution in [1.82, 2.24) is 9.55 Å². The first-order valence-electron chi connectivity index (χ1n) is 4.94. The van der Waals surface area contributed by atoms with Crippen molar-refractivity contribution in [2.24, 2.45) is 0 Å². The van der Waals surface area contributed by atoms with Gasteiger partial charge >= 0.3 is 0 Å². The minimum Gasteiger partial charge on any atom is -0.334 e. The quantitative estimate of drug-likeness (QED) is 0.669. The molecule has 2 rings (SSSR count). The summed E-state index contributed by atoms with van der Waals surface area (Å²) in [7, 11) is 0. The van der Waals surface area contributed by atoms with Gasteiger partial charge in [0.1, 0.15) is 0 Å². The molecule has 1 heterocycles. The van der Waals surface area contributed by atoms with Crippen molar-refractivity contribution < 1.29 is 0 Å². The number of fused-ring (bicyclic) bond motifs is 1. The summed E-state index contributed by atoms with van der Waals surface area (Å²) >= 11 is 0. The van der Waals surface area contributed by atoms with E-state index in [4.69, 9.17) is 0 Å². The summed E-state index contributed by atoms with van der Waals surface area (Å²) in [6.07, 6.45) is 8.33. The molecule has 1 aliphatic rings. The fourth-order valence-corrected chi connectivity index (χ4v) is 1.89. The lowest BCUT2D eigenvalue weighted by Crippen LogP contribution is -2.00. The first-order chi connectivity index (χ1) is 5.92. The third-order valence-corrected chi connectivity index (χ3v) is 2.61. The van der Waals surface area contributed by atoms with E-state index < -0.39 is 0 Å². The average molecular weight is 164 g/mol. The van der Waals surface area contributed by atoms with Gasteiger partial charge in [0, 0.05) is 12.2 Å². The maximum absolute atomic E-state index is 4.41. The summed E-state index contributed by atoms with van der Waals surface area (Å²) in [6.45, 7) is 3.40. The smallest absolute Gasteiger partial charge is 0.0951 e. The lowest BCUT2D eigenvalue weighted by Gasteiger charge is -2.03. The lowest BCUT2D eigenvalue weighted by molar-refractivity contribution is 0.608. The molecular weight excluding hydrogens is 148 g/mol. The largest absolute Gasteiger partial charge is 0.334 e. The zero-order valence-corrected chi connectivity index (χ0v) is 7.71. The maximum atomic E-state index is 4.41. The van der Waals surface area contributed by atoms with Crippen LogP contribution < -0.4 is 0 Å². The Morgan fingerprint density at radius 1 is 1.50 bits per heavy atom. The van der Waals surface area contributed by atoms with Gasteiger partial charge in [-0.05, 0) is 25.7 Å². The fraction of sp³-hybridized carbons (Fsp3) is 0.700. The minimum absolute atomic E-state index is 1.17. The molecule has 12 heavy (non-hydrogen) atoms. The SMILES string of the molecule is CCCCn1cnc2c1CCC2. The molecule has 0 radical (unpaired) electrons. The van der Waals surface area contributed by atoms with Gasteiger partial charge in [0.05, 0.1) is 12.0 Å².